The van der Waals surface area contributed by atoms with E-state index in [9.17, 15) is 0 Å². The number of nitrogens with two attached hydrogens (primary N) is 1. The first-order chi connectivity index (χ1) is 9.83. The summed E-state index contributed by atoms with van der Waals surface area (Å²) in [6.07, 6.45) is 3.77. The standard InChI is InChI=1S/C16H14N4/c17-11-5-7-12(8-6-11)19-16-13-3-1-2-4-14(13)20-10-18-9-15(16)20/h1-10,16,19H,17H2. The maximum absolute atomic E-state index is 5.73. The van der Waals surface area contributed by atoms with E-state index in [1.165, 1.54) is 11.3 Å². The predicted molar refractivity (Wildman–Crippen MR) is 79.9 cm³/mol. The number of fused-ring (bicyclic) bond motifs is 3. The third-order valence-corrected chi connectivity index (χ3v) is 3.69. The Kier molecular flexibility index (Phi) is 2.29. The van der Waals surface area contributed by atoms with Gasteiger partial charge in [-0.1, -0.05) is 18.2 Å². The van der Waals surface area contributed by atoms with E-state index < -0.39 is 0 Å². The Morgan fingerprint density at radius 3 is 2.70 bits per heavy atom. The molecule has 0 fully saturated rings. The highest BCUT2D eigenvalue weighted by Crippen LogP contribution is 2.37. The molecule has 1 unspecified atom stereocenters. The van der Waals surface area contributed by atoms with Crippen molar-refractivity contribution in [3.8, 4) is 5.69 Å². The minimum atomic E-state index is 0.123. The van der Waals surface area contributed by atoms with Gasteiger partial charge in [-0.25, -0.2) is 4.98 Å². The van der Waals surface area contributed by atoms with E-state index in [2.05, 4.69) is 33.1 Å². The van der Waals surface area contributed by atoms with Crippen LogP contribution in [0, 0.1) is 0 Å². The van der Waals surface area contributed by atoms with Crippen molar-refractivity contribution in [2.24, 2.45) is 0 Å². The summed E-state index contributed by atoms with van der Waals surface area (Å²) in [5.74, 6) is 0. The summed E-state index contributed by atoms with van der Waals surface area (Å²) in [6.45, 7) is 0. The number of hydrogen-bond acceptors (Lipinski definition) is 3. The molecule has 4 nitrogen and oxygen atoms in total. The molecule has 1 aromatic heterocycles. The van der Waals surface area contributed by atoms with Crippen LogP contribution in [0.25, 0.3) is 5.69 Å². The van der Waals surface area contributed by atoms with Gasteiger partial charge in [-0.05, 0) is 30.3 Å². The van der Waals surface area contributed by atoms with Crippen LogP contribution in [0.1, 0.15) is 17.3 Å². The zero-order valence-corrected chi connectivity index (χ0v) is 10.8. The van der Waals surface area contributed by atoms with E-state index in [0.717, 1.165) is 17.1 Å². The summed E-state index contributed by atoms with van der Waals surface area (Å²) < 4.78 is 2.13. The molecule has 20 heavy (non-hydrogen) atoms. The highest BCUT2D eigenvalue weighted by molar-refractivity contribution is 5.59. The van der Waals surface area contributed by atoms with E-state index in [1.807, 2.05) is 42.9 Å². The molecular weight excluding hydrogens is 248 g/mol. The number of anilines is 2. The molecule has 0 saturated heterocycles. The van der Waals surface area contributed by atoms with Crippen LogP contribution >= 0.6 is 0 Å². The Labute approximate surface area is 116 Å². The summed E-state index contributed by atoms with van der Waals surface area (Å²) in [5.41, 5.74) is 11.2. The third kappa shape index (κ3) is 1.58. The highest BCUT2D eigenvalue weighted by Gasteiger charge is 2.28. The van der Waals surface area contributed by atoms with Gasteiger partial charge < -0.3 is 15.6 Å². The molecule has 98 valence electrons. The van der Waals surface area contributed by atoms with E-state index in [-0.39, 0.29) is 6.04 Å². The fraction of sp³-hybridized carbons (Fsp3) is 0.0625. The Hall–Kier alpha value is -2.75. The van der Waals surface area contributed by atoms with E-state index >= 15 is 0 Å². The molecule has 0 amide bonds. The molecule has 0 spiro atoms. The lowest BCUT2D eigenvalue weighted by Crippen LogP contribution is -2.09. The quantitative estimate of drug-likeness (QED) is 0.698. The first-order valence-electron chi connectivity index (χ1n) is 6.56. The largest absolute Gasteiger partial charge is 0.399 e. The van der Waals surface area contributed by atoms with Crippen LogP contribution in [0.2, 0.25) is 0 Å². The van der Waals surface area contributed by atoms with E-state index in [1.54, 1.807) is 0 Å². The number of hydrogen-bond donors (Lipinski definition) is 2. The van der Waals surface area contributed by atoms with Gasteiger partial charge in [0.1, 0.15) is 0 Å². The number of rotatable bonds is 2. The first kappa shape index (κ1) is 11.1. The molecule has 2 heterocycles. The Morgan fingerprint density at radius 2 is 1.85 bits per heavy atom. The molecule has 0 saturated carbocycles. The molecule has 0 bridgehead atoms. The maximum atomic E-state index is 5.73. The van der Waals surface area contributed by atoms with Crippen molar-refractivity contribution in [2.45, 2.75) is 6.04 Å². The summed E-state index contributed by atoms with van der Waals surface area (Å²) in [6, 6.07) is 16.3. The normalized spacial score (nSPS) is 15.7. The molecule has 4 heteroatoms. The minimum Gasteiger partial charge on any atom is -0.399 e. The van der Waals surface area contributed by atoms with Gasteiger partial charge >= 0.3 is 0 Å². The monoisotopic (exact) mass is 262 g/mol. The molecule has 1 atom stereocenters. The number of imidazole rings is 1. The van der Waals surface area contributed by atoms with Crippen LogP contribution in [0.3, 0.4) is 0 Å². The van der Waals surface area contributed by atoms with Crippen molar-refractivity contribution in [2.75, 3.05) is 11.1 Å². The number of nitrogens with one attached hydrogen (secondary N) is 1. The molecule has 1 aliphatic heterocycles. The van der Waals surface area contributed by atoms with Gasteiger partial charge in [0.25, 0.3) is 0 Å². The second-order valence-corrected chi connectivity index (χ2v) is 4.95. The van der Waals surface area contributed by atoms with Crippen LogP contribution in [0.5, 0.6) is 0 Å². The summed E-state index contributed by atoms with van der Waals surface area (Å²) >= 11 is 0. The molecule has 0 aliphatic carbocycles. The van der Waals surface area contributed by atoms with E-state index in [4.69, 9.17) is 5.73 Å². The Balaban J connectivity index is 1.77. The van der Waals surface area contributed by atoms with Gasteiger partial charge in [0.2, 0.25) is 0 Å². The van der Waals surface area contributed by atoms with Crippen LogP contribution in [0.4, 0.5) is 11.4 Å². The first-order valence-corrected chi connectivity index (χ1v) is 6.56. The number of nitrogens with zero attached hydrogens (tertiary/aromatic N) is 2. The molecule has 1 aliphatic rings. The Bertz CT molecular complexity index is 758. The van der Waals surface area contributed by atoms with Crippen molar-refractivity contribution >= 4 is 11.4 Å². The Morgan fingerprint density at radius 1 is 1.05 bits per heavy atom. The average molecular weight is 262 g/mol. The lowest BCUT2D eigenvalue weighted by atomic mass is 10.1. The van der Waals surface area contributed by atoms with Gasteiger partial charge in [0.05, 0.1) is 29.9 Å². The van der Waals surface area contributed by atoms with Crippen LogP contribution in [-0.2, 0) is 0 Å². The van der Waals surface area contributed by atoms with Crippen molar-refractivity contribution in [3.63, 3.8) is 0 Å². The van der Waals surface area contributed by atoms with Gasteiger partial charge in [-0.2, -0.15) is 0 Å². The topological polar surface area (TPSA) is 55.9 Å². The summed E-state index contributed by atoms with van der Waals surface area (Å²) in [5, 5.41) is 3.55. The molecular formula is C16H14N4. The van der Waals surface area contributed by atoms with E-state index in [0.29, 0.717) is 0 Å². The lowest BCUT2D eigenvalue weighted by molar-refractivity contribution is 0.924. The number of aromatic nitrogens is 2. The summed E-state index contributed by atoms with van der Waals surface area (Å²) in [4.78, 5) is 4.25. The fourth-order valence-electron chi connectivity index (χ4n) is 2.73. The van der Waals surface area contributed by atoms with Gasteiger partial charge in [0, 0.05) is 16.9 Å². The zero-order valence-electron chi connectivity index (χ0n) is 10.8. The minimum absolute atomic E-state index is 0.123. The van der Waals surface area contributed by atoms with Crippen molar-refractivity contribution in [1.82, 2.24) is 9.55 Å². The number of benzene rings is 2. The van der Waals surface area contributed by atoms with Crippen LogP contribution in [0.15, 0.2) is 61.1 Å². The number of para-hydroxylation sites is 1. The SMILES string of the molecule is Nc1ccc(NC2c3ccccc3-n3cncc32)cc1. The number of nitrogen functional groups attached to an aromatic ring is 1. The average Bonchev–Trinajstić information content (AvgIpc) is 3.05. The smallest absolute Gasteiger partial charge is 0.0995 e. The zero-order chi connectivity index (χ0) is 13.5. The molecule has 4 rings (SSSR count). The van der Waals surface area contributed by atoms with Crippen molar-refractivity contribution < 1.29 is 0 Å². The maximum Gasteiger partial charge on any atom is 0.0995 e. The summed E-state index contributed by atoms with van der Waals surface area (Å²) in [7, 11) is 0. The fourth-order valence-corrected chi connectivity index (χ4v) is 2.73. The van der Waals surface area contributed by atoms with Crippen LogP contribution < -0.4 is 11.1 Å². The van der Waals surface area contributed by atoms with Gasteiger partial charge in [-0.3, -0.25) is 0 Å². The van der Waals surface area contributed by atoms with Gasteiger partial charge in [0.15, 0.2) is 0 Å². The highest BCUT2D eigenvalue weighted by atomic mass is 15.1. The molecule has 2 aromatic carbocycles. The van der Waals surface area contributed by atoms with Crippen molar-refractivity contribution in [3.05, 3.63) is 72.3 Å². The molecule has 3 aromatic rings. The van der Waals surface area contributed by atoms with Gasteiger partial charge in [-0.15, -0.1) is 0 Å². The molecule has 3 N–H and O–H groups in total. The molecule has 0 radical (unpaired) electrons. The third-order valence-electron chi connectivity index (χ3n) is 3.69. The predicted octanol–water partition coefficient (Wildman–Crippen LogP) is 2.97. The lowest BCUT2D eigenvalue weighted by Gasteiger charge is -2.15. The van der Waals surface area contributed by atoms with Crippen molar-refractivity contribution in [1.29, 1.82) is 0 Å². The second kappa shape index (κ2) is 4.13. The second-order valence-electron chi connectivity index (χ2n) is 4.95. The van der Waals surface area contributed by atoms with Crippen LogP contribution in [-0.4, -0.2) is 9.55 Å².